The monoisotopic (exact) mass is 426 g/mol. The van der Waals surface area contributed by atoms with E-state index in [0.717, 1.165) is 15.4 Å². The van der Waals surface area contributed by atoms with E-state index >= 15 is 0 Å². The number of aliphatic hydroxyl groups is 1. The van der Waals surface area contributed by atoms with Gasteiger partial charge in [0.05, 0.1) is 11.0 Å². The van der Waals surface area contributed by atoms with Gasteiger partial charge >= 0.3 is 5.97 Å². The molecular formula is C20H30N2O6S. The highest BCUT2D eigenvalue weighted by Crippen LogP contribution is 2.28. The molecule has 29 heavy (non-hydrogen) atoms. The summed E-state index contributed by atoms with van der Waals surface area (Å²) in [5, 5.41) is 12.7. The van der Waals surface area contributed by atoms with Gasteiger partial charge in [-0.05, 0) is 49.9 Å². The van der Waals surface area contributed by atoms with E-state index in [1.165, 1.54) is 6.07 Å². The fraction of sp³-hybridized carbons (Fsp3) is 0.600. The molecule has 2 unspecified atom stereocenters. The summed E-state index contributed by atoms with van der Waals surface area (Å²) in [6.07, 6.45) is -1.06. The SMILES string of the molecule is Cc1ccc(S(=O)(=O)N2CC(O)C[C@H]2C(=O)OCC(=O)NC(C)C(C)C)cc1C. The maximum atomic E-state index is 13.0. The Hall–Kier alpha value is -1.97. The Morgan fingerprint density at radius 1 is 1.24 bits per heavy atom. The summed E-state index contributed by atoms with van der Waals surface area (Å²) < 4.78 is 32.1. The summed E-state index contributed by atoms with van der Waals surface area (Å²) in [5.41, 5.74) is 1.75. The van der Waals surface area contributed by atoms with E-state index in [4.69, 9.17) is 4.74 Å². The topological polar surface area (TPSA) is 113 Å². The molecule has 0 spiro atoms. The highest BCUT2D eigenvalue weighted by Gasteiger charge is 2.44. The first-order valence-corrected chi connectivity index (χ1v) is 11.1. The number of rotatable bonds is 7. The number of aryl methyl sites for hydroxylation is 2. The maximum absolute atomic E-state index is 13.0. The van der Waals surface area contributed by atoms with Crippen LogP contribution in [0.2, 0.25) is 0 Å². The second kappa shape index (κ2) is 9.23. The average Bonchev–Trinajstić information content (AvgIpc) is 3.04. The molecule has 0 saturated carbocycles. The largest absolute Gasteiger partial charge is 0.454 e. The molecule has 1 saturated heterocycles. The number of nitrogens with zero attached hydrogens (tertiary/aromatic N) is 1. The van der Waals surface area contributed by atoms with Crippen molar-refractivity contribution < 1.29 is 27.9 Å². The number of β-amino-alcohol motifs (C(OH)–C–C–N with tert-alkyl or cyclic N) is 1. The third kappa shape index (κ3) is 5.55. The molecule has 1 heterocycles. The van der Waals surface area contributed by atoms with Gasteiger partial charge in [0.25, 0.3) is 5.91 Å². The minimum Gasteiger partial charge on any atom is -0.454 e. The molecule has 0 aromatic heterocycles. The molecule has 162 valence electrons. The smallest absolute Gasteiger partial charge is 0.325 e. The van der Waals surface area contributed by atoms with E-state index in [0.29, 0.717) is 0 Å². The lowest BCUT2D eigenvalue weighted by molar-refractivity contribution is -0.152. The summed E-state index contributed by atoms with van der Waals surface area (Å²) in [6.45, 7) is 8.71. The molecule has 0 radical (unpaired) electrons. The number of carbonyl (C=O) groups excluding carboxylic acids is 2. The van der Waals surface area contributed by atoms with Crippen molar-refractivity contribution in [3.05, 3.63) is 29.3 Å². The van der Waals surface area contributed by atoms with Gasteiger partial charge in [-0.15, -0.1) is 0 Å². The summed E-state index contributed by atoms with van der Waals surface area (Å²) in [4.78, 5) is 24.5. The van der Waals surface area contributed by atoms with E-state index in [9.17, 15) is 23.1 Å². The van der Waals surface area contributed by atoms with Crippen molar-refractivity contribution in [1.29, 1.82) is 0 Å². The van der Waals surface area contributed by atoms with Gasteiger partial charge in [-0.1, -0.05) is 19.9 Å². The van der Waals surface area contributed by atoms with Gasteiger partial charge in [-0.3, -0.25) is 9.59 Å². The van der Waals surface area contributed by atoms with E-state index < -0.39 is 40.7 Å². The molecule has 8 nitrogen and oxygen atoms in total. The molecule has 1 aromatic rings. The lowest BCUT2D eigenvalue weighted by Gasteiger charge is -2.23. The molecule has 0 aliphatic carbocycles. The maximum Gasteiger partial charge on any atom is 0.325 e. The number of carbonyl (C=O) groups is 2. The fourth-order valence-corrected chi connectivity index (χ4v) is 4.68. The van der Waals surface area contributed by atoms with E-state index in [1.54, 1.807) is 19.1 Å². The van der Waals surface area contributed by atoms with Crippen LogP contribution in [-0.2, 0) is 24.3 Å². The number of benzene rings is 1. The Morgan fingerprint density at radius 3 is 2.48 bits per heavy atom. The van der Waals surface area contributed by atoms with Crippen molar-refractivity contribution in [2.45, 2.75) is 64.1 Å². The predicted molar refractivity (Wildman–Crippen MR) is 108 cm³/mol. The van der Waals surface area contributed by atoms with Crippen LogP contribution in [0, 0.1) is 19.8 Å². The van der Waals surface area contributed by atoms with Crippen LogP contribution in [0.4, 0.5) is 0 Å². The molecule has 1 aromatic carbocycles. The third-order valence-corrected chi connectivity index (χ3v) is 7.20. The minimum atomic E-state index is -4.00. The summed E-state index contributed by atoms with van der Waals surface area (Å²) in [6, 6.07) is 3.45. The standard InChI is InChI=1S/C20H30N2O6S/c1-12(2)15(5)21-19(24)11-28-20(25)18-9-16(23)10-22(18)29(26,27)17-7-6-13(3)14(4)8-17/h6-8,12,15-16,18,23H,9-11H2,1-5H3,(H,21,24)/t15?,16?,18-/m0/s1. The summed E-state index contributed by atoms with van der Waals surface area (Å²) in [7, 11) is -4.00. The molecule has 1 fully saturated rings. The number of sulfonamides is 1. The van der Waals surface area contributed by atoms with Gasteiger partial charge in [-0.2, -0.15) is 4.31 Å². The van der Waals surface area contributed by atoms with Gasteiger partial charge in [0.2, 0.25) is 10.0 Å². The quantitative estimate of drug-likeness (QED) is 0.632. The first-order chi connectivity index (χ1) is 13.4. The van der Waals surface area contributed by atoms with Crippen LogP contribution in [0.25, 0.3) is 0 Å². The van der Waals surface area contributed by atoms with E-state index in [1.807, 2.05) is 27.7 Å². The zero-order valence-electron chi connectivity index (χ0n) is 17.5. The zero-order chi connectivity index (χ0) is 21.9. The number of hydrogen-bond acceptors (Lipinski definition) is 6. The molecular weight excluding hydrogens is 396 g/mol. The summed E-state index contributed by atoms with van der Waals surface area (Å²) in [5.74, 6) is -1.08. The van der Waals surface area contributed by atoms with Crippen LogP contribution in [0.15, 0.2) is 23.1 Å². The molecule has 2 N–H and O–H groups in total. The minimum absolute atomic E-state index is 0.0519. The van der Waals surface area contributed by atoms with Crippen LogP contribution in [-0.4, -0.2) is 61.0 Å². The number of hydrogen-bond donors (Lipinski definition) is 2. The normalized spacial score (nSPS) is 21.2. The second-order valence-electron chi connectivity index (χ2n) is 7.93. The molecule has 3 atom stereocenters. The van der Waals surface area contributed by atoms with Crippen LogP contribution < -0.4 is 5.32 Å². The van der Waals surface area contributed by atoms with Gasteiger partial charge in [0, 0.05) is 19.0 Å². The molecule has 9 heteroatoms. The van der Waals surface area contributed by atoms with Crippen LogP contribution >= 0.6 is 0 Å². The molecule has 1 amide bonds. The van der Waals surface area contributed by atoms with Crippen molar-refractivity contribution in [2.75, 3.05) is 13.2 Å². The lowest BCUT2D eigenvalue weighted by atomic mass is 10.1. The molecule has 2 rings (SSSR count). The average molecular weight is 427 g/mol. The third-order valence-electron chi connectivity index (χ3n) is 5.32. The van der Waals surface area contributed by atoms with Crippen molar-refractivity contribution >= 4 is 21.9 Å². The molecule has 0 bridgehead atoms. The molecule has 1 aliphatic heterocycles. The Kier molecular flexibility index (Phi) is 7.42. The fourth-order valence-electron chi connectivity index (χ4n) is 2.97. The van der Waals surface area contributed by atoms with Gasteiger partial charge in [-0.25, -0.2) is 8.42 Å². The van der Waals surface area contributed by atoms with Crippen LogP contribution in [0.5, 0.6) is 0 Å². The first-order valence-electron chi connectivity index (χ1n) is 9.66. The lowest BCUT2D eigenvalue weighted by Crippen LogP contribution is -2.43. The molecule has 1 aliphatic rings. The van der Waals surface area contributed by atoms with Crippen molar-refractivity contribution in [3.63, 3.8) is 0 Å². The number of nitrogens with one attached hydrogen (secondary N) is 1. The number of amides is 1. The van der Waals surface area contributed by atoms with Crippen LogP contribution in [0.1, 0.15) is 38.3 Å². The van der Waals surface area contributed by atoms with Crippen molar-refractivity contribution in [2.24, 2.45) is 5.92 Å². The first kappa shape index (κ1) is 23.3. The second-order valence-corrected chi connectivity index (χ2v) is 9.82. The highest BCUT2D eigenvalue weighted by atomic mass is 32.2. The van der Waals surface area contributed by atoms with Crippen molar-refractivity contribution in [1.82, 2.24) is 9.62 Å². The number of aliphatic hydroxyl groups excluding tert-OH is 1. The van der Waals surface area contributed by atoms with Crippen molar-refractivity contribution in [3.8, 4) is 0 Å². The Labute approximate surface area is 172 Å². The zero-order valence-corrected chi connectivity index (χ0v) is 18.3. The number of ether oxygens (including phenoxy) is 1. The Balaban J connectivity index is 2.12. The Morgan fingerprint density at radius 2 is 1.90 bits per heavy atom. The number of esters is 1. The van der Waals surface area contributed by atoms with E-state index in [2.05, 4.69) is 5.32 Å². The van der Waals surface area contributed by atoms with Gasteiger partial charge in [0.15, 0.2) is 6.61 Å². The Bertz CT molecular complexity index is 868. The van der Waals surface area contributed by atoms with Crippen LogP contribution in [0.3, 0.4) is 0 Å². The van der Waals surface area contributed by atoms with Gasteiger partial charge in [0.1, 0.15) is 6.04 Å². The van der Waals surface area contributed by atoms with E-state index in [-0.39, 0.29) is 29.8 Å². The highest BCUT2D eigenvalue weighted by molar-refractivity contribution is 7.89. The summed E-state index contributed by atoms with van der Waals surface area (Å²) >= 11 is 0. The van der Waals surface area contributed by atoms with Gasteiger partial charge < -0.3 is 15.2 Å². The predicted octanol–water partition coefficient (Wildman–Crippen LogP) is 1.13.